The number of nitro benzene ring substituents is 1. The second-order valence-electron chi connectivity index (χ2n) is 6.51. The van der Waals surface area contributed by atoms with Crippen LogP contribution in [0.15, 0.2) is 65.0 Å². The molecule has 0 fully saturated rings. The first-order chi connectivity index (χ1) is 14.5. The monoisotopic (exact) mass is 436 g/mol. The zero-order chi connectivity index (χ0) is 21.1. The van der Waals surface area contributed by atoms with Crippen LogP contribution in [0.25, 0.3) is 10.8 Å². The summed E-state index contributed by atoms with van der Waals surface area (Å²) < 4.78 is 0.730. The summed E-state index contributed by atoms with van der Waals surface area (Å²) in [5.41, 5.74) is 1.81. The van der Waals surface area contributed by atoms with E-state index in [9.17, 15) is 14.9 Å². The van der Waals surface area contributed by atoms with E-state index in [1.165, 1.54) is 33.7 Å². The average Bonchev–Trinajstić information content (AvgIpc) is 3.19. The van der Waals surface area contributed by atoms with Gasteiger partial charge in [0.15, 0.2) is 4.34 Å². The first-order valence-electron chi connectivity index (χ1n) is 9.00. The quantitative estimate of drug-likeness (QED) is 0.187. The Morgan fingerprint density at radius 3 is 2.77 bits per heavy atom. The number of nitrogens with one attached hydrogen (secondary N) is 1. The van der Waals surface area contributed by atoms with Crippen molar-refractivity contribution in [3.63, 3.8) is 0 Å². The van der Waals surface area contributed by atoms with Crippen LogP contribution in [0.1, 0.15) is 21.5 Å². The highest BCUT2D eigenvalue weighted by molar-refractivity contribution is 8.00. The normalized spacial score (nSPS) is 10.8. The largest absolute Gasteiger partial charge is 0.296 e. The second-order valence-corrected chi connectivity index (χ2v) is 8.71. The number of amides is 1. The van der Waals surface area contributed by atoms with Crippen LogP contribution in [0, 0.1) is 17.0 Å². The topological polar surface area (TPSA) is 98.0 Å². The Labute approximate surface area is 180 Å². The molecule has 0 saturated heterocycles. The fourth-order valence-corrected chi connectivity index (χ4v) is 4.74. The predicted octanol–water partition coefficient (Wildman–Crippen LogP) is 5.45. The van der Waals surface area contributed by atoms with Gasteiger partial charge in [0.05, 0.1) is 4.92 Å². The van der Waals surface area contributed by atoms with E-state index in [-0.39, 0.29) is 11.3 Å². The van der Waals surface area contributed by atoms with Crippen molar-refractivity contribution < 1.29 is 9.72 Å². The molecule has 7 nitrogen and oxygen atoms in total. The Morgan fingerprint density at radius 1 is 1.13 bits per heavy atom. The summed E-state index contributed by atoms with van der Waals surface area (Å²) in [5.74, 6) is 0.272. The number of thioether (sulfide) groups is 1. The summed E-state index contributed by atoms with van der Waals surface area (Å²) in [7, 11) is 0. The van der Waals surface area contributed by atoms with Crippen LogP contribution in [-0.2, 0) is 5.75 Å². The average molecular weight is 437 g/mol. The Hall–Kier alpha value is -3.30. The molecule has 30 heavy (non-hydrogen) atoms. The minimum absolute atomic E-state index is 0.0914. The van der Waals surface area contributed by atoms with E-state index in [1.54, 1.807) is 30.8 Å². The maximum absolute atomic E-state index is 12.4. The van der Waals surface area contributed by atoms with E-state index in [0.29, 0.717) is 10.7 Å². The molecule has 1 amide bonds. The first kappa shape index (κ1) is 20.0. The highest BCUT2D eigenvalue weighted by Crippen LogP contribution is 2.31. The van der Waals surface area contributed by atoms with Crippen molar-refractivity contribution in [1.29, 1.82) is 0 Å². The van der Waals surface area contributed by atoms with Gasteiger partial charge in [-0.2, -0.15) is 0 Å². The lowest BCUT2D eigenvalue weighted by atomic mass is 10.1. The molecule has 0 aliphatic rings. The molecule has 0 spiro atoms. The SMILES string of the molecule is Cc1ccc(C(=O)Nc2nnc(SCc3cccc4ccccc34)s2)cc1[N+](=O)[O-]. The number of carbonyl (C=O) groups excluding carboxylic acids is 1. The maximum Gasteiger partial charge on any atom is 0.273 e. The van der Waals surface area contributed by atoms with Gasteiger partial charge in [-0.25, -0.2) is 0 Å². The number of nitrogens with zero attached hydrogens (tertiary/aromatic N) is 3. The summed E-state index contributed by atoms with van der Waals surface area (Å²) >= 11 is 2.81. The van der Waals surface area contributed by atoms with Gasteiger partial charge in [0.1, 0.15) is 0 Å². The number of hydrogen-bond acceptors (Lipinski definition) is 7. The molecule has 0 atom stereocenters. The van der Waals surface area contributed by atoms with Gasteiger partial charge >= 0.3 is 0 Å². The number of anilines is 1. The van der Waals surface area contributed by atoms with E-state index in [1.807, 2.05) is 18.2 Å². The van der Waals surface area contributed by atoms with Crippen LogP contribution in [0.2, 0.25) is 0 Å². The third kappa shape index (κ3) is 4.32. The molecular weight excluding hydrogens is 420 g/mol. The van der Waals surface area contributed by atoms with Crippen LogP contribution in [0.5, 0.6) is 0 Å². The molecule has 9 heteroatoms. The van der Waals surface area contributed by atoms with Crippen molar-refractivity contribution in [3.05, 3.63) is 87.5 Å². The third-order valence-corrected chi connectivity index (χ3v) is 6.55. The molecule has 3 aromatic carbocycles. The number of benzene rings is 3. The van der Waals surface area contributed by atoms with Gasteiger partial charge in [-0.05, 0) is 29.3 Å². The van der Waals surface area contributed by atoms with Gasteiger partial charge < -0.3 is 0 Å². The maximum atomic E-state index is 12.4. The molecule has 1 N–H and O–H groups in total. The Morgan fingerprint density at radius 2 is 1.93 bits per heavy atom. The molecule has 0 aliphatic heterocycles. The van der Waals surface area contributed by atoms with Crippen LogP contribution in [0.4, 0.5) is 10.8 Å². The standard InChI is InChI=1S/C21H16N4O3S2/c1-13-9-10-15(11-18(13)25(27)28)19(26)22-20-23-24-21(30-20)29-12-16-7-4-6-14-5-2-3-8-17(14)16/h2-11H,12H2,1H3,(H,22,23,26). The summed E-state index contributed by atoms with van der Waals surface area (Å²) in [4.78, 5) is 23.0. The summed E-state index contributed by atoms with van der Waals surface area (Å²) in [6.07, 6.45) is 0. The van der Waals surface area contributed by atoms with Crippen molar-refractivity contribution in [3.8, 4) is 0 Å². The van der Waals surface area contributed by atoms with Gasteiger partial charge in [0.25, 0.3) is 11.6 Å². The van der Waals surface area contributed by atoms with E-state index < -0.39 is 10.8 Å². The van der Waals surface area contributed by atoms with Gasteiger partial charge in [-0.15, -0.1) is 10.2 Å². The lowest BCUT2D eigenvalue weighted by Gasteiger charge is -2.04. The van der Waals surface area contributed by atoms with E-state index >= 15 is 0 Å². The molecule has 150 valence electrons. The number of rotatable bonds is 6. The molecule has 0 aliphatic carbocycles. The molecule has 0 bridgehead atoms. The number of hydrogen-bond donors (Lipinski definition) is 1. The van der Waals surface area contributed by atoms with Gasteiger partial charge in [-0.3, -0.25) is 20.2 Å². The molecule has 0 radical (unpaired) electrons. The number of aromatic nitrogens is 2. The summed E-state index contributed by atoms with van der Waals surface area (Å²) in [6, 6.07) is 18.8. The van der Waals surface area contributed by atoms with Crippen molar-refractivity contribution in [1.82, 2.24) is 10.2 Å². The first-order valence-corrected chi connectivity index (χ1v) is 10.8. The molecule has 4 rings (SSSR count). The van der Waals surface area contributed by atoms with Crippen LogP contribution in [-0.4, -0.2) is 21.0 Å². The highest BCUT2D eigenvalue weighted by Gasteiger charge is 2.16. The van der Waals surface area contributed by atoms with E-state index in [0.717, 1.165) is 10.1 Å². The zero-order valence-electron chi connectivity index (χ0n) is 15.9. The van der Waals surface area contributed by atoms with Crippen LogP contribution in [0.3, 0.4) is 0 Å². The molecule has 1 heterocycles. The fourth-order valence-electron chi connectivity index (χ4n) is 2.99. The Bertz CT molecular complexity index is 1250. The van der Waals surface area contributed by atoms with Crippen molar-refractivity contribution in [2.45, 2.75) is 17.0 Å². The zero-order valence-corrected chi connectivity index (χ0v) is 17.5. The summed E-state index contributed by atoms with van der Waals surface area (Å²) in [6.45, 7) is 1.63. The predicted molar refractivity (Wildman–Crippen MR) is 119 cm³/mol. The third-order valence-electron chi connectivity index (χ3n) is 4.53. The lowest BCUT2D eigenvalue weighted by molar-refractivity contribution is -0.385. The Kier molecular flexibility index (Phi) is 5.73. The number of carbonyl (C=O) groups is 1. The van der Waals surface area contributed by atoms with Crippen molar-refractivity contribution in [2.24, 2.45) is 0 Å². The molecule has 4 aromatic rings. The summed E-state index contributed by atoms with van der Waals surface area (Å²) in [5, 5.41) is 24.6. The minimum atomic E-state index is -0.501. The van der Waals surface area contributed by atoms with Gasteiger partial charge in [-0.1, -0.05) is 71.6 Å². The minimum Gasteiger partial charge on any atom is -0.296 e. The number of aryl methyl sites for hydroxylation is 1. The second kappa shape index (κ2) is 8.60. The van der Waals surface area contributed by atoms with Crippen molar-refractivity contribution >= 4 is 50.6 Å². The number of fused-ring (bicyclic) bond motifs is 1. The smallest absolute Gasteiger partial charge is 0.273 e. The van der Waals surface area contributed by atoms with Crippen molar-refractivity contribution in [2.75, 3.05) is 5.32 Å². The van der Waals surface area contributed by atoms with E-state index in [4.69, 9.17) is 0 Å². The fraction of sp³-hybridized carbons (Fsp3) is 0.0952. The molecule has 0 saturated carbocycles. The molecule has 1 aromatic heterocycles. The molecular formula is C21H16N4O3S2. The van der Waals surface area contributed by atoms with Crippen LogP contribution >= 0.6 is 23.1 Å². The molecule has 0 unspecified atom stereocenters. The van der Waals surface area contributed by atoms with Gasteiger partial charge in [0.2, 0.25) is 5.13 Å². The lowest BCUT2D eigenvalue weighted by Crippen LogP contribution is -2.12. The Balaban J connectivity index is 1.44. The van der Waals surface area contributed by atoms with Crippen LogP contribution < -0.4 is 5.32 Å². The highest BCUT2D eigenvalue weighted by atomic mass is 32.2. The number of nitro groups is 1. The van der Waals surface area contributed by atoms with Gasteiger partial charge in [0, 0.05) is 22.9 Å². The van der Waals surface area contributed by atoms with E-state index in [2.05, 4.69) is 39.8 Å².